The summed E-state index contributed by atoms with van der Waals surface area (Å²) >= 11 is 0. The van der Waals surface area contributed by atoms with Crippen molar-refractivity contribution in [2.24, 2.45) is 5.41 Å². The third-order valence-electron chi connectivity index (χ3n) is 3.54. The first-order chi connectivity index (χ1) is 7.36. The molecule has 16 heavy (non-hydrogen) atoms. The van der Waals surface area contributed by atoms with Gasteiger partial charge in [0.2, 0.25) is 0 Å². The SMILES string of the molecule is Cc1cccc(C2(C(=O)O)CC(C)(C)C2)c1. The predicted molar refractivity (Wildman–Crippen MR) is 63.5 cm³/mol. The van der Waals surface area contributed by atoms with Gasteiger partial charge in [0.25, 0.3) is 0 Å². The van der Waals surface area contributed by atoms with Crippen molar-refractivity contribution in [3.63, 3.8) is 0 Å². The van der Waals surface area contributed by atoms with E-state index >= 15 is 0 Å². The average Bonchev–Trinajstić information content (AvgIpc) is 2.13. The standard InChI is InChI=1S/C14H18O2/c1-10-5-4-6-11(7-10)14(12(15)16)8-13(2,3)9-14/h4-7H,8-9H2,1-3H3,(H,15,16). The zero-order valence-electron chi connectivity index (χ0n) is 10.1. The van der Waals surface area contributed by atoms with E-state index in [1.807, 2.05) is 31.2 Å². The van der Waals surface area contributed by atoms with Crippen LogP contribution in [-0.2, 0) is 10.2 Å². The van der Waals surface area contributed by atoms with Gasteiger partial charge in [-0.3, -0.25) is 4.79 Å². The first-order valence-corrected chi connectivity index (χ1v) is 5.66. The highest BCUT2D eigenvalue weighted by molar-refractivity contribution is 5.83. The summed E-state index contributed by atoms with van der Waals surface area (Å²) in [6.07, 6.45) is 1.47. The van der Waals surface area contributed by atoms with Gasteiger partial charge in [-0.15, -0.1) is 0 Å². The highest BCUT2D eigenvalue weighted by Gasteiger charge is 2.55. The van der Waals surface area contributed by atoms with Crippen molar-refractivity contribution in [3.8, 4) is 0 Å². The Hall–Kier alpha value is -1.31. The van der Waals surface area contributed by atoms with Crippen molar-refractivity contribution in [3.05, 3.63) is 35.4 Å². The lowest BCUT2D eigenvalue weighted by Crippen LogP contribution is -2.52. The zero-order valence-corrected chi connectivity index (χ0v) is 10.1. The van der Waals surface area contributed by atoms with E-state index in [0.717, 1.165) is 24.0 Å². The minimum atomic E-state index is -0.683. The summed E-state index contributed by atoms with van der Waals surface area (Å²) in [6, 6.07) is 7.89. The van der Waals surface area contributed by atoms with Crippen LogP contribution < -0.4 is 0 Å². The maximum Gasteiger partial charge on any atom is 0.314 e. The molecule has 2 nitrogen and oxygen atoms in total. The number of hydrogen-bond acceptors (Lipinski definition) is 1. The largest absolute Gasteiger partial charge is 0.481 e. The molecule has 1 fully saturated rings. The fourth-order valence-electron chi connectivity index (χ4n) is 3.00. The van der Waals surface area contributed by atoms with Crippen LogP contribution in [0.15, 0.2) is 24.3 Å². The Morgan fingerprint density at radius 1 is 1.31 bits per heavy atom. The van der Waals surface area contributed by atoms with E-state index in [-0.39, 0.29) is 5.41 Å². The van der Waals surface area contributed by atoms with Gasteiger partial charge in [-0.1, -0.05) is 43.7 Å². The summed E-state index contributed by atoms with van der Waals surface area (Å²) in [5.41, 5.74) is 1.60. The van der Waals surface area contributed by atoms with Crippen molar-refractivity contribution in [2.75, 3.05) is 0 Å². The third-order valence-corrected chi connectivity index (χ3v) is 3.54. The molecule has 0 amide bonds. The molecule has 0 radical (unpaired) electrons. The summed E-state index contributed by atoms with van der Waals surface area (Å²) in [6.45, 7) is 6.26. The Morgan fingerprint density at radius 2 is 1.94 bits per heavy atom. The first kappa shape index (κ1) is 11.2. The zero-order chi connectivity index (χ0) is 12.0. The Balaban J connectivity index is 2.40. The van der Waals surface area contributed by atoms with Gasteiger partial charge in [-0.25, -0.2) is 0 Å². The molecule has 1 aliphatic rings. The summed E-state index contributed by atoms with van der Waals surface area (Å²) in [5, 5.41) is 9.46. The molecular weight excluding hydrogens is 200 g/mol. The maximum atomic E-state index is 11.5. The highest BCUT2D eigenvalue weighted by atomic mass is 16.4. The van der Waals surface area contributed by atoms with Gasteiger partial charge in [-0.2, -0.15) is 0 Å². The molecular formula is C14H18O2. The van der Waals surface area contributed by atoms with Crippen LogP contribution in [-0.4, -0.2) is 11.1 Å². The molecule has 0 aromatic heterocycles. The van der Waals surface area contributed by atoms with Crippen LogP contribution in [0.3, 0.4) is 0 Å². The summed E-state index contributed by atoms with van der Waals surface area (Å²) in [4.78, 5) is 11.5. The van der Waals surface area contributed by atoms with E-state index in [2.05, 4.69) is 13.8 Å². The Kier molecular flexibility index (Phi) is 2.33. The van der Waals surface area contributed by atoms with Gasteiger partial charge in [0.1, 0.15) is 0 Å². The lowest BCUT2D eigenvalue weighted by molar-refractivity contribution is -0.153. The van der Waals surface area contributed by atoms with Gasteiger partial charge in [-0.05, 0) is 30.7 Å². The van der Waals surface area contributed by atoms with E-state index in [1.54, 1.807) is 0 Å². The lowest BCUT2D eigenvalue weighted by Gasteiger charge is -2.50. The van der Waals surface area contributed by atoms with Crippen LogP contribution in [0.2, 0.25) is 0 Å². The maximum absolute atomic E-state index is 11.5. The number of benzene rings is 1. The molecule has 0 bridgehead atoms. The molecule has 2 rings (SSSR count). The van der Waals surface area contributed by atoms with E-state index < -0.39 is 11.4 Å². The average molecular weight is 218 g/mol. The predicted octanol–water partition coefficient (Wildman–Crippen LogP) is 3.14. The van der Waals surface area contributed by atoms with Crippen LogP contribution in [0.1, 0.15) is 37.8 Å². The molecule has 1 aromatic rings. The van der Waals surface area contributed by atoms with Gasteiger partial charge in [0.05, 0.1) is 5.41 Å². The number of aryl methyl sites for hydroxylation is 1. The minimum Gasteiger partial charge on any atom is -0.481 e. The van der Waals surface area contributed by atoms with Crippen molar-refractivity contribution >= 4 is 5.97 Å². The number of carboxylic acids is 1. The van der Waals surface area contributed by atoms with Crippen molar-refractivity contribution in [1.29, 1.82) is 0 Å². The first-order valence-electron chi connectivity index (χ1n) is 5.66. The number of carboxylic acid groups (broad SMARTS) is 1. The molecule has 0 spiro atoms. The van der Waals surface area contributed by atoms with Gasteiger partial charge in [0.15, 0.2) is 0 Å². The van der Waals surface area contributed by atoms with Crippen LogP contribution in [0.4, 0.5) is 0 Å². The molecule has 2 heteroatoms. The fraction of sp³-hybridized carbons (Fsp3) is 0.500. The molecule has 1 saturated carbocycles. The van der Waals surface area contributed by atoms with Crippen LogP contribution >= 0.6 is 0 Å². The molecule has 0 saturated heterocycles. The van der Waals surface area contributed by atoms with E-state index in [0.29, 0.717) is 0 Å². The lowest BCUT2D eigenvalue weighted by atomic mass is 9.52. The normalized spacial score (nSPS) is 21.2. The van der Waals surface area contributed by atoms with Gasteiger partial charge in [0, 0.05) is 0 Å². The molecule has 1 N–H and O–H groups in total. The topological polar surface area (TPSA) is 37.3 Å². The number of carbonyl (C=O) groups is 1. The Bertz CT molecular complexity index is 424. The summed E-state index contributed by atoms with van der Waals surface area (Å²) in [5.74, 6) is -0.683. The Morgan fingerprint density at radius 3 is 2.38 bits per heavy atom. The molecule has 1 aliphatic carbocycles. The van der Waals surface area contributed by atoms with Crippen LogP contribution in [0, 0.1) is 12.3 Å². The number of rotatable bonds is 2. The second-order valence-corrected chi connectivity index (χ2v) is 5.77. The fourth-order valence-corrected chi connectivity index (χ4v) is 3.00. The third kappa shape index (κ3) is 1.62. The summed E-state index contributed by atoms with van der Waals surface area (Å²) < 4.78 is 0. The second kappa shape index (κ2) is 3.34. The smallest absolute Gasteiger partial charge is 0.314 e. The summed E-state index contributed by atoms with van der Waals surface area (Å²) in [7, 11) is 0. The minimum absolute atomic E-state index is 0.155. The van der Waals surface area contributed by atoms with E-state index in [4.69, 9.17) is 0 Å². The molecule has 0 aliphatic heterocycles. The molecule has 0 unspecified atom stereocenters. The monoisotopic (exact) mass is 218 g/mol. The van der Waals surface area contributed by atoms with Crippen molar-refractivity contribution in [2.45, 2.75) is 39.0 Å². The quantitative estimate of drug-likeness (QED) is 0.828. The Labute approximate surface area is 96.3 Å². The van der Waals surface area contributed by atoms with Gasteiger partial charge < -0.3 is 5.11 Å². The van der Waals surface area contributed by atoms with Crippen LogP contribution in [0.5, 0.6) is 0 Å². The van der Waals surface area contributed by atoms with Gasteiger partial charge >= 0.3 is 5.97 Å². The number of hydrogen-bond donors (Lipinski definition) is 1. The van der Waals surface area contributed by atoms with Crippen LogP contribution in [0.25, 0.3) is 0 Å². The molecule has 0 heterocycles. The number of aliphatic carboxylic acids is 1. The highest BCUT2D eigenvalue weighted by Crippen LogP contribution is 2.55. The van der Waals surface area contributed by atoms with Crippen molar-refractivity contribution in [1.82, 2.24) is 0 Å². The van der Waals surface area contributed by atoms with Crippen molar-refractivity contribution < 1.29 is 9.90 Å². The van der Waals surface area contributed by atoms with E-state index in [1.165, 1.54) is 0 Å². The molecule has 1 aromatic carbocycles. The molecule has 86 valence electrons. The van der Waals surface area contributed by atoms with E-state index in [9.17, 15) is 9.90 Å². The second-order valence-electron chi connectivity index (χ2n) is 5.77. The molecule has 0 atom stereocenters.